The number of ether oxygens (including phenoxy) is 4. The Kier molecular flexibility index (Phi) is 6.93. The highest BCUT2D eigenvalue weighted by atomic mass is 16.6. The van der Waals surface area contributed by atoms with E-state index in [-0.39, 0.29) is 23.6 Å². The van der Waals surface area contributed by atoms with Crippen LogP contribution in [0.2, 0.25) is 0 Å². The van der Waals surface area contributed by atoms with Crippen molar-refractivity contribution in [2.24, 2.45) is 5.41 Å². The van der Waals surface area contributed by atoms with Gasteiger partial charge in [0, 0.05) is 6.61 Å². The molecule has 4 rings (SSSR count). The quantitative estimate of drug-likeness (QED) is 0.316. The van der Waals surface area contributed by atoms with Crippen LogP contribution in [0.5, 0.6) is 5.75 Å². The summed E-state index contributed by atoms with van der Waals surface area (Å²) in [5, 5.41) is 0. The first-order valence-electron chi connectivity index (χ1n) is 10.9. The Morgan fingerprint density at radius 3 is 2.50 bits per heavy atom. The zero-order valence-electron chi connectivity index (χ0n) is 18.9. The minimum absolute atomic E-state index is 0.00905. The zero-order valence-corrected chi connectivity index (χ0v) is 18.9. The van der Waals surface area contributed by atoms with E-state index in [1.54, 1.807) is 0 Å². The van der Waals surface area contributed by atoms with E-state index in [0.717, 1.165) is 50.0 Å². The molecule has 0 amide bonds. The standard InChI is InChI=1S/C25H36O5/c1-19(2)16-28-21-8-6-7-20(15-21)25-11-9-24(10-12-25,18-29-25)13-14-27-17-22(26)30-23(3,4)5/h6-8,15H,1,9-14,16-18H2,2-5H3. The van der Waals surface area contributed by atoms with Gasteiger partial charge < -0.3 is 18.9 Å². The van der Waals surface area contributed by atoms with Crippen LogP contribution in [-0.4, -0.2) is 38.0 Å². The fraction of sp³-hybridized carbons (Fsp3) is 0.640. The zero-order chi connectivity index (χ0) is 21.8. The van der Waals surface area contributed by atoms with E-state index in [2.05, 4.69) is 18.7 Å². The predicted octanol–water partition coefficient (Wildman–Crippen LogP) is 5.18. The fourth-order valence-corrected chi connectivity index (χ4v) is 4.35. The SMILES string of the molecule is C=C(C)COc1cccc(C23CCC(CCOCC(=O)OC(C)(C)C)(CC2)CO3)c1. The molecule has 0 aromatic heterocycles. The van der Waals surface area contributed by atoms with Crippen molar-refractivity contribution in [3.63, 3.8) is 0 Å². The minimum Gasteiger partial charge on any atom is -0.489 e. The summed E-state index contributed by atoms with van der Waals surface area (Å²) in [6.45, 7) is 13.3. The summed E-state index contributed by atoms with van der Waals surface area (Å²) in [4.78, 5) is 11.8. The monoisotopic (exact) mass is 416 g/mol. The van der Waals surface area contributed by atoms with Crippen LogP contribution in [0.4, 0.5) is 0 Å². The number of carbonyl (C=O) groups is 1. The second kappa shape index (κ2) is 9.11. The summed E-state index contributed by atoms with van der Waals surface area (Å²) in [5.74, 6) is 0.558. The molecule has 1 aromatic carbocycles. The molecular weight excluding hydrogens is 380 g/mol. The molecule has 2 saturated heterocycles. The van der Waals surface area contributed by atoms with Gasteiger partial charge in [-0.15, -0.1) is 0 Å². The lowest BCUT2D eigenvalue weighted by Crippen LogP contribution is -2.49. The van der Waals surface area contributed by atoms with E-state index in [1.807, 2.05) is 39.8 Å². The van der Waals surface area contributed by atoms with Crippen molar-refractivity contribution in [2.45, 2.75) is 71.0 Å². The summed E-state index contributed by atoms with van der Waals surface area (Å²) >= 11 is 0. The van der Waals surface area contributed by atoms with Gasteiger partial charge in [0.15, 0.2) is 0 Å². The van der Waals surface area contributed by atoms with E-state index < -0.39 is 5.60 Å². The molecule has 5 heteroatoms. The molecule has 5 nitrogen and oxygen atoms in total. The molecule has 0 atom stereocenters. The van der Waals surface area contributed by atoms with Crippen LogP contribution in [0.25, 0.3) is 0 Å². The number of rotatable bonds is 9. The maximum atomic E-state index is 11.8. The van der Waals surface area contributed by atoms with Crippen molar-refractivity contribution in [3.8, 4) is 5.75 Å². The van der Waals surface area contributed by atoms with E-state index in [9.17, 15) is 4.79 Å². The molecule has 0 N–H and O–H groups in total. The van der Waals surface area contributed by atoms with Gasteiger partial charge >= 0.3 is 5.97 Å². The largest absolute Gasteiger partial charge is 0.489 e. The Balaban J connectivity index is 1.50. The molecule has 0 spiro atoms. The van der Waals surface area contributed by atoms with Gasteiger partial charge in [-0.25, -0.2) is 4.79 Å². The Hall–Kier alpha value is -1.85. The molecule has 3 fully saturated rings. The topological polar surface area (TPSA) is 54.0 Å². The van der Waals surface area contributed by atoms with Gasteiger partial charge in [-0.2, -0.15) is 0 Å². The molecule has 2 bridgehead atoms. The third kappa shape index (κ3) is 5.86. The Bertz CT molecular complexity index is 737. The van der Waals surface area contributed by atoms with Crippen LogP contribution >= 0.6 is 0 Å². The maximum Gasteiger partial charge on any atom is 0.332 e. The molecule has 3 aliphatic rings. The molecule has 2 aliphatic heterocycles. The van der Waals surface area contributed by atoms with Crippen molar-refractivity contribution < 1.29 is 23.7 Å². The minimum atomic E-state index is -0.476. The van der Waals surface area contributed by atoms with Crippen LogP contribution in [0, 0.1) is 5.41 Å². The summed E-state index contributed by atoms with van der Waals surface area (Å²) < 4.78 is 23.2. The molecule has 166 valence electrons. The predicted molar refractivity (Wildman–Crippen MR) is 117 cm³/mol. The van der Waals surface area contributed by atoms with Gasteiger partial charge in [0.05, 0.1) is 12.2 Å². The maximum absolute atomic E-state index is 11.8. The molecule has 0 unspecified atom stereocenters. The van der Waals surface area contributed by atoms with Crippen molar-refractivity contribution in [3.05, 3.63) is 42.0 Å². The van der Waals surface area contributed by atoms with Gasteiger partial charge in [-0.3, -0.25) is 0 Å². The lowest BCUT2D eigenvalue weighted by atomic mass is 9.63. The summed E-state index contributed by atoms with van der Waals surface area (Å²) in [6, 6.07) is 8.30. The highest BCUT2D eigenvalue weighted by molar-refractivity contribution is 5.71. The average molecular weight is 417 g/mol. The first kappa shape index (κ1) is 22.8. The fourth-order valence-electron chi connectivity index (χ4n) is 4.35. The highest BCUT2D eigenvalue weighted by Crippen LogP contribution is 2.55. The molecule has 2 heterocycles. The van der Waals surface area contributed by atoms with Crippen molar-refractivity contribution in [2.75, 3.05) is 26.4 Å². The summed E-state index contributed by atoms with van der Waals surface area (Å²) in [5.41, 5.74) is 1.68. The number of carbonyl (C=O) groups excluding carboxylic acids is 1. The van der Waals surface area contributed by atoms with E-state index in [0.29, 0.717) is 13.2 Å². The third-order valence-electron chi connectivity index (χ3n) is 6.04. The van der Waals surface area contributed by atoms with Gasteiger partial charge in [0.1, 0.15) is 24.6 Å². The summed E-state index contributed by atoms with van der Waals surface area (Å²) in [6.07, 6.45) is 5.14. The lowest BCUT2D eigenvalue weighted by molar-refractivity contribution is -0.195. The van der Waals surface area contributed by atoms with E-state index in [4.69, 9.17) is 18.9 Å². The first-order chi connectivity index (χ1) is 14.1. The number of hydrogen-bond acceptors (Lipinski definition) is 5. The van der Waals surface area contributed by atoms with Crippen LogP contribution < -0.4 is 4.74 Å². The van der Waals surface area contributed by atoms with Crippen molar-refractivity contribution in [1.82, 2.24) is 0 Å². The number of esters is 1. The van der Waals surface area contributed by atoms with E-state index in [1.165, 1.54) is 5.56 Å². The van der Waals surface area contributed by atoms with Gasteiger partial charge in [-0.1, -0.05) is 18.7 Å². The third-order valence-corrected chi connectivity index (χ3v) is 6.04. The number of fused-ring (bicyclic) bond motifs is 3. The van der Waals surface area contributed by atoms with E-state index >= 15 is 0 Å². The van der Waals surface area contributed by atoms with Gasteiger partial charge in [0.2, 0.25) is 0 Å². The Morgan fingerprint density at radius 1 is 1.17 bits per heavy atom. The Labute approximate surface area is 180 Å². The average Bonchev–Trinajstić information content (AvgIpc) is 2.70. The number of hydrogen-bond donors (Lipinski definition) is 0. The molecule has 30 heavy (non-hydrogen) atoms. The van der Waals surface area contributed by atoms with Gasteiger partial charge in [-0.05, 0) is 88.5 Å². The molecule has 1 aliphatic carbocycles. The molecule has 1 aromatic rings. The van der Waals surface area contributed by atoms with Crippen LogP contribution in [0.15, 0.2) is 36.4 Å². The molecule has 1 saturated carbocycles. The van der Waals surface area contributed by atoms with Crippen LogP contribution in [0.1, 0.15) is 65.4 Å². The normalized spacial score (nSPS) is 25.7. The highest BCUT2D eigenvalue weighted by Gasteiger charge is 2.50. The molecule has 0 radical (unpaired) electrons. The smallest absolute Gasteiger partial charge is 0.332 e. The summed E-state index contributed by atoms with van der Waals surface area (Å²) in [7, 11) is 0. The van der Waals surface area contributed by atoms with Crippen molar-refractivity contribution in [1.29, 1.82) is 0 Å². The first-order valence-corrected chi connectivity index (χ1v) is 10.9. The van der Waals surface area contributed by atoms with Crippen molar-refractivity contribution >= 4 is 5.97 Å². The van der Waals surface area contributed by atoms with Gasteiger partial charge in [0.25, 0.3) is 0 Å². The lowest BCUT2D eigenvalue weighted by Gasteiger charge is -2.53. The second-order valence-corrected chi connectivity index (χ2v) is 9.95. The van der Waals surface area contributed by atoms with Crippen LogP contribution in [-0.2, 0) is 24.6 Å². The second-order valence-electron chi connectivity index (χ2n) is 9.95. The Morgan fingerprint density at radius 2 is 1.90 bits per heavy atom. The molecular formula is C25H36O5. The number of benzene rings is 1. The van der Waals surface area contributed by atoms with Crippen LogP contribution in [0.3, 0.4) is 0 Å².